The number of carbonyl (C=O) groups excluding carboxylic acids is 1. The molecule has 0 bridgehead atoms. The molecule has 1 N–H and O–H groups in total. The summed E-state index contributed by atoms with van der Waals surface area (Å²) < 4.78 is 48.8. The molecule has 1 amide bonds. The lowest BCUT2D eigenvalue weighted by Crippen LogP contribution is -2.26. The SMILES string of the molecule is COc1ccc(OC)c(NC(=O)COn2nnc3ccc(C(F)(F)F)cc32)c1. The monoisotopic (exact) mass is 396 g/mol. The summed E-state index contributed by atoms with van der Waals surface area (Å²) in [6.45, 7) is -0.519. The molecule has 3 aromatic rings. The number of hydrogen-bond acceptors (Lipinski definition) is 6. The predicted molar refractivity (Wildman–Crippen MR) is 92.2 cm³/mol. The number of halogens is 3. The highest BCUT2D eigenvalue weighted by Gasteiger charge is 2.31. The number of hydrogen-bond donors (Lipinski definition) is 1. The van der Waals surface area contributed by atoms with Gasteiger partial charge in [0.15, 0.2) is 6.61 Å². The summed E-state index contributed by atoms with van der Waals surface area (Å²) in [5.74, 6) is 0.316. The van der Waals surface area contributed by atoms with Gasteiger partial charge in [0.25, 0.3) is 5.91 Å². The largest absolute Gasteiger partial charge is 0.497 e. The van der Waals surface area contributed by atoms with Gasteiger partial charge in [-0.05, 0) is 35.5 Å². The van der Waals surface area contributed by atoms with Crippen molar-refractivity contribution in [1.82, 2.24) is 15.2 Å². The van der Waals surface area contributed by atoms with E-state index in [0.29, 0.717) is 17.2 Å². The molecule has 3 rings (SSSR count). The lowest BCUT2D eigenvalue weighted by molar-refractivity contribution is -0.137. The van der Waals surface area contributed by atoms with E-state index in [9.17, 15) is 18.0 Å². The number of methoxy groups -OCH3 is 2. The van der Waals surface area contributed by atoms with Gasteiger partial charge in [-0.1, -0.05) is 4.85 Å². The molecule has 0 unspecified atom stereocenters. The minimum absolute atomic E-state index is 0.0124. The molecule has 0 radical (unpaired) electrons. The fourth-order valence-electron chi connectivity index (χ4n) is 2.39. The van der Waals surface area contributed by atoms with E-state index in [4.69, 9.17) is 14.3 Å². The Balaban J connectivity index is 1.73. The minimum atomic E-state index is -4.52. The summed E-state index contributed by atoms with van der Waals surface area (Å²) in [5, 5.41) is 9.89. The Bertz CT molecular complexity index is 1000. The molecule has 0 saturated carbocycles. The molecule has 8 nitrogen and oxygen atoms in total. The van der Waals surface area contributed by atoms with Crippen LogP contribution in [-0.2, 0) is 11.0 Å². The number of nitrogens with zero attached hydrogens (tertiary/aromatic N) is 3. The Morgan fingerprint density at radius 1 is 1.14 bits per heavy atom. The summed E-state index contributed by atoms with van der Waals surface area (Å²) in [7, 11) is 2.91. The number of alkyl halides is 3. The second-order valence-electron chi connectivity index (χ2n) is 5.55. The second-order valence-corrected chi connectivity index (χ2v) is 5.55. The van der Waals surface area contributed by atoms with E-state index in [1.54, 1.807) is 18.2 Å². The first kappa shape index (κ1) is 19.3. The van der Waals surface area contributed by atoms with E-state index < -0.39 is 24.3 Å². The number of amides is 1. The minimum Gasteiger partial charge on any atom is -0.497 e. The molecular weight excluding hydrogens is 381 g/mol. The van der Waals surface area contributed by atoms with Crippen molar-refractivity contribution in [2.45, 2.75) is 6.18 Å². The number of fused-ring (bicyclic) bond motifs is 1. The van der Waals surface area contributed by atoms with Gasteiger partial charge in [0.05, 0.1) is 25.5 Å². The average Bonchev–Trinajstić information content (AvgIpc) is 3.08. The maximum atomic E-state index is 12.9. The quantitative estimate of drug-likeness (QED) is 0.689. The smallest absolute Gasteiger partial charge is 0.416 e. The highest BCUT2D eigenvalue weighted by Crippen LogP contribution is 2.31. The van der Waals surface area contributed by atoms with Gasteiger partial charge >= 0.3 is 6.18 Å². The van der Waals surface area contributed by atoms with Gasteiger partial charge in [-0.2, -0.15) is 13.2 Å². The Labute approximate surface area is 156 Å². The summed E-state index contributed by atoms with van der Waals surface area (Å²) in [6.07, 6.45) is -4.52. The van der Waals surface area contributed by atoms with Crippen LogP contribution in [0.1, 0.15) is 5.56 Å². The van der Waals surface area contributed by atoms with Crippen molar-refractivity contribution in [3.63, 3.8) is 0 Å². The summed E-state index contributed by atoms with van der Waals surface area (Å²) in [4.78, 5) is 18.1. The molecule has 0 saturated heterocycles. The lowest BCUT2D eigenvalue weighted by Gasteiger charge is -2.12. The molecule has 0 aliphatic heterocycles. The van der Waals surface area contributed by atoms with Crippen molar-refractivity contribution in [1.29, 1.82) is 0 Å². The maximum Gasteiger partial charge on any atom is 0.416 e. The standard InChI is InChI=1S/C17H15F3N4O4/c1-26-11-4-6-15(27-2)13(8-11)21-16(25)9-28-24-14-7-10(17(18,19)20)3-5-12(14)22-23-24/h3-8H,9H2,1-2H3,(H,21,25). The second kappa shape index (κ2) is 7.62. The number of aromatic nitrogens is 3. The zero-order valence-electron chi connectivity index (χ0n) is 14.8. The van der Waals surface area contributed by atoms with Crippen LogP contribution in [0, 0.1) is 0 Å². The first-order valence-corrected chi connectivity index (χ1v) is 7.89. The van der Waals surface area contributed by atoms with Gasteiger partial charge in [-0.15, -0.1) is 5.10 Å². The molecule has 0 fully saturated rings. The molecule has 1 aromatic heterocycles. The van der Waals surface area contributed by atoms with Gasteiger partial charge < -0.3 is 19.6 Å². The third kappa shape index (κ3) is 4.08. The van der Waals surface area contributed by atoms with Gasteiger partial charge in [-0.25, -0.2) is 0 Å². The number of rotatable bonds is 6. The Kier molecular flexibility index (Phi) is 5.25. The maximum absolute atomic E-state index is 12.9. The Morgan fingerprint density at radius 2 is 1.93 bits per heavy atom. The molecule has 0 spiro atoms. The van der Waals surface area contributed by atoms with Gasteiger partial charge in [0.2, 0.25) is 0 Å². The fraction of sp³-hybridized carbons (Fsp3) is 0.235. The van der Waals surface area contributed by atoms with E-state index in [0.717, 1.165) is 17.0 Å². The average molecular weight is 396 g/mol. The fourth-order valence-corrected chi connectivity index (χ4v) is 2.39. The normalized spacial score (nSPS) is 11.3. The summed E-state index contributed by atoms with van der Waals surface area (Å²) in [5.41, 5.74) is -0.347. The van der Waals surface area contributed by atoms with Crippen molar-refractivity contribution in [2.24, 2.45) is 0 Å². The molecule has 2 aromatic carbocycles. The first-order chi connectivity index (χ1) is 13.3. The van der Waals surface area contributed by atoms with Gasteiger partial charge in [0, 0.05) is 6.07 Å². The number of benzene rings is 2. The van der Waals surface area contributed by atoms with Crippen LogP contribution < -0.4 is 19.6 Å². The molecular formula is C17H15F3N4O4. The molecule has 0 atom stereocenters. The number of nitrogens with one attached hydrogen (secondary N) is 1. The number of carbonyl (C=O) groups is 1. The van der Waals surface area contributed by atoms with E-state index in [1.165, 1.54) is 20.3 Å². The highest BCUT2D eigenvalue weighted by atomic mass is 19.4. The number of anilines is 1. The molecule has 0 aliphatic rings. The molecule has 28 heavy (non-hydrogen) atoms. The highest BCUT2D eigenvalue weighted by molar-refractivity contribution is 5.93. The Hall–Kier alpha value is -3.50. The zero-order chi connectivity index (χ0) is 20.3. The van der Waals surface area contributed by atoms with Crippen molar-refractivity contribution in [3.05, 3.63) is 42.0 Å². The van der Waals surface area contributed by atoms with E-state index in [-0.39, 0.29) is 11.0 Å². The number of ether oxygens (including phenoxy) is 2. The third-order valence-electron chi connectivity index (χ3n) is 3.74. The zero-order valence-corrected chi connectivity index (χ0v) is 14.8. The van der Waals surface area contributed by atoms with Crippen LogP contribution in [0.15, 0.2) is 36.4 Å². The van der Waals surface area contributed by atoms with Crippen molar-refractivity contribution in [2.75, 3.05) is 26.1 Å². The van der Waals surface area contributed by atoms with Crippen LogP contribution in [0.25, 0.3) is 11.0 Å². The van der Waals surface area contributed by atoms with Gasteiger partial charge in [-0.3, -0.25) is 4.79 Å². The van der Waals surface area contributed by atoms with Crippen molar-refractivity contribution in [3.8, 4) is 11.5 Å². The predicted octanol–water partition coefficient (Wildman–Crippen LogP) is 2.53. The molecule has 11 heteroatoms. The van der Waals surface area contributed by atoms with Crippen LogP contribution in [0.3, 0.4) is 0 Å². The van der Waals surface area contributed by atoms with Crippen molar-refractivity contribution < 1.29 is 32.3 Å². The summed E-state index contributed by atoms with van der Waals surface area (Å²) in [6, 6.07) is 7.73. The van der Waals surface area contributed by atoms with E-state index in [2.05, 4.69) is 15.6 Å². The van der Waals surface area contributed by atoms with Crippen LogP contribution in [0.2, 0.25) is 0 Å². The van der Waals surface area contributed by atoms with Gasteiger partial charge in [0.1, 0.15) is 22.5 Å². The van der Waals surface area contributed by atoms with Crippen LogP contribution in [-0.4, -0.2) is 41.9 Å². The van der Waals surface area contributed by atoms with Crippen LogP contribution in [0.4, 0.5) is 18.9 Å². The topological polar surface area (TPSA) is 87.5 Å². The molecule has 148 valence electrons. The molecule has 1 heterocycles. The van der Waals surface area contributed by atoms with Crippen molar-refractivity contribution >= 4 is 22.6 Å². The van der Waals surface area contributed by atoms with Crippen LogP contribution >= 0.6 is 0 Å². The molecule has 0 aliphatic carbocycles. The van der Waals surface area contributed by atoms with E-state index >= 15 is 0 Å². The first-order valence-electron chi connectivity index (χ1n) is 7.89. The van der Waals surface area contributed by atoms with Crippen LogP contribution in [0.5, 0.6) is 11.5 Å². The Morgan fingerprint density at radius 3 is 2.61 bits per heavy atom. The lowest BCUT2D eigenvalue weighted by atomic mass is 10.2. The third-order valence-corrected chi connectivity index (χ3v) is 3.74. The summed E-state index contributed by atoms with van der Waals surface area (Å²) >= 11 is 0. The van der Waals surface area contributed by atoms with E-state index in [1.807, 2.05) is 0 Å².